The molecule has 1 nitrogen and oxygen atoms in total. The van der Waals surface area contributed by atoms with Crippen LogP contribution in [0, 0.1) is 5.92 Å². The second-order valence-electron chi connectivity index (χ2n) is 3.00. The summed E-state index contributed by atoms with van der Waals surface area (Å²) >= 11 is 0. The summed E-state index contributed by atoms with van der Waals surface area (Å²) in [4.78, 5) is 0. The van der Waals surface area contributed by atoms with E-state index in [1.807, 2.05) is 25.2 Å². The van der Waals surface area contributed by atoms with E-state index >= 15 is 0 Å². The summed E-state index contributed by atoms with van der Waals surface area (Å²) in [6.45, 7) is 9.99. The lowest BCUT2D eigenvalue weighted by Crippen LogP contribution is -1.89. The molecule has 0 rings (SSSR count). The highest BCUT2D eigenvalue weighted by Crippen LogP contribution is 2.07. The van der Waals surface area contributed by atoms with Crippen LogP contribution in [0.25, 0.3) is 0 Å². The largest absolute Gasteiger partial charge is 0.402 e. The lowest BCUT2D eigenvalue weighted by molar-refractivity contribution is 0.795. The summed E-state index contributed by atoms with van der Waals surface area (Å²) in [6, 6.07) is 0. The summed E-state index contributed by atoms with van der Waals surface area (Å²) in [7, 11) is 0. The Labute approximate surface area is 69.3 Å². The van der Waals surface area contributed by atoms with Gasteiger partial charge in [-0.25, -0.2) is 0 Å². The first-order chi connectivity index (χ1) is 5.04. The van der Waals surface area contributed by atoms with E-state index < -0.39 is 0 Å². The zero-order valence-electron chi connectivity index (χ0n) is 7.59. The smallest absolute Gasteiger partial charge is 0.00488 e. The van der Waals surface area contributed by atoms with Crippen LogP contribution in [0.4, 0.5) is 0 Å². The van der Waals surface area contributed by atoms with Gasteiger partial charge in [-0.3, -0.25) is 0 Å². The molecule has 0 aromatic rings. The van der Waals surface area contributed by atoms with Gasteiger partial charge in [0.05, 0.1) is 0 Å². The first-order valence-corrected chi connectivity index (χ1v) is 3.83. The zero-order valence-corrected chi connectivity index (χ0v) is 7.59. The highest BCUT2D eigenvalue weighted by atomic mass is 14.5. The van der Waals surface area contributed by atoms with Gasteiger partial charge in [0.1, 0.15) is 0 Å². The van der Waals surface area contributed by atoms with Crippen LogP contribution in [0.15, 0.2) is 36.1 Å². The SMILES string of the molecule is C=C(/C=C\C=C(\C)N)C(C)C. The minimum Gasteiger partial charge on any atom is -0.402 e. The molecule has 0 amide bonds. The molecule has 0 radical (unpaired) electrons. The number of allylic oxidation sites excluding steroid dienone is 5. The third-order valence-corrected chi connectivity index (χ3v) is 1.41. The molecule has 62 valence electrons. The molecule has 0 bridgehead atoms. The van der Waals surface area contributed by atoms with Gasteiger partial charge in [0.25, 0.3) is 0 Å². The number of rotatable bonds is 3. The van der Waals surface area contributed by atoms with Crippen molar-refractivity contribution < 1.29 is 0 Å². The van der Waals surface area contributed by atoms with E-state index in [1.165, 1.54) is 0 Å². The van der Waals surface area contributed by atoms with E-state index in [0.29, 0.717) is 5.92 Å². The van der Waals surface area contributed by atoms with E-state index in [4.69, 9.17) is 5.73 Å². The van der Waals surface area contributed by atoms with Crippen molar-refractivity contribution in [3.8, 4) is 0 Å². The normalized spacial score (nSPS) is 12.9. The molecule has 0 aliphatic carbocycles. The summed E-state index contributed by atoms with van der Waals surface area (Å²) in [5.74, 6) is 0.512. The quantitative estimate of drug-likeness (QED) is 0.616. The lowest BCUT2D eigenvalue weighted by atomic mass is 10.1. The Kier molecular flexibility index (Phi) is 4.35. The van der Waals surface area contributed by atoms with Crippen LogP contribution in [-0.4, -0.2) is 0 Å². The Morgan fingerprint density at radius 3 is 2.36 bits per heavy atom. The maximum absolute atomic E-state index is 5.43. The molecule has 0 fully saturated rings. The van der Waals surface area contributed by atoms with Gasteiger partial charge in [0.2, 0.25) is 0 Å². The fourth-order valence-electron chi connectivity index (χ4n) is 0.516. The molecule has 0 aliphatic heterocycles. The van der Waals surface area contributed by atoms with Gasteiger partial charge >= 0.3 is 0 Å². The van der Waals surface area contributed by atoms with Gasteiger partial charge in [-0.15, -0.1) is 0 Å². The maximum Gasteiger partial charge on any atom is 0.00488 e. The van der Waals surface area contributed by atoms with Gasteiger partial charge in [-0.05, 0) is 18.9 Å². The van der Waals surface area contributed by atoms with E-state index in [-0.39, 0.29) is 0 Å². The third kappa shape index (κ3) is 5.46. The van der Waals surface area contributed by atoms with Crippen molar-refractivity contribution in [3.05, 3.63) is 36.1 Å². The van der Waals surface area contributed by atoms with Crippen LogP contribution in [-0.2, 0) is 0 Å². The molecule has 0 aliphatic rings. The first kappa shape index (κ1) is 10.0. The lowest BCUT2D eigenvalue weighted by Gasteiger charge is -2.01. The number of hydrogen-bond donors (Lipinski definition) is 1. The average molecular weight is 151 g/mol. The molecule has 0 heterocycles. The molecule has 0 atom stereocenters. The molecule has 1 heteroatoms. The zero-order chi connectivity index (χ0) is 8.85. The van der Waals surface area contributed by atoms with Gasteiger partial charge in [-0.2, -0.15) is 0 Å². The molecule has 0 aromatic heterocycles. The molecule has 0 saturated carbocycles. The van der Waals surface area contributed by atoms with Crippen LogP contribution >= 0.6 is 0 Å². The van der Waals surface area contributed by atoms with Crippen LogP contribution in [0.1, 0.15) is 20.8 Å². The summed E-state index contributed by atoms with van der Waals surface area (Å²) in [5, 5.41) is 0. The molecule has 11 heavy (non-hydrogen) atoms. The van der Waals surface area contributed by atoms with Crippen molar-refractivity contribution in [2.24, 2.45) is 11.7 Å². The minimum atomic E-state index is 0.512. The Balaban J connectivity index is 3.95. The van der Waals surface area contributed by atoms with Crippen molar-refractivity contribution in [1.82, 2.24) is 0 Å². The second-order valence-corrected chi connectivity index (χ2v) is 3.00. The fourth-order valence-corrected chi connectivity index (χ4v) is 0.516. The van der Waals surface area contributed by atoms with Crippen molar-refractivity contribution in [2.45, 2.75) is 20.8 Å². The van der Waals surface area contributed by atoms with Gasteiger partial charge in [0, 0.05) is 5.70 Å². The van der Waals surface area contributed by atoms with Crippen molar-refractivity contribution in [1.29, 1.82) is 0 Å². The summed E-state index contributed by atoms with van der Waals surface area (Å²) in [5.41, 5.74) is 7.38. The second kappa shape index (κ2) is 4.78. The Morgan fingerprint density at radius 2 is 2.00 bits per heavy atom. The van der Waals surface area contributed by atoms with Crippen LogP contribution < -0.4 is 5.73 Å². The van der Waals surface area contributed by atoms with E-state index in [2.05, 4.69) is 20.4 Å². The van der Waals surface area contributed by atoms with E-state index in [9.17, 15) is 0 Å². The van der Waals surface area contributed by atoms with Crippen molar-refractivity contribution >= 4 is 0 Å². The molecular weight excluding hydrogens is 134 g/mol. The molecule has 0 saturated heterocycles. The van der Waals surface area contributed by atoms with E-state index in [0.717, 1.165) is 11.3 Å². The summed E-state index contributed by atoms with van der Waals surface area (Å²) < 4.78 is 0. The molecule has 0 unspecified atom stereocenters. The van der Waals surface area contributed by atoms with Crippen molar-refractivity contribution in [3.63, 3.8) is 0 Å². The molecule has 0 spiro atoms. The van der Waals surface area contributed by atoms with Crippen molar-refractivity contribution in [2.75, 3.05) is 0 Å². The van der Waals surface area contributed by atoms with Crippen LogP contribution in [0.5, 0.6) is 0 Å². The van der Waals surface area contributed by atoms with Gasteiger partial charge in [0.15, 0.2) is 0 Å². The van der Waals surface area contributed by atoms with E-state index in [1.54, 1.807) is 0 Å². The van der Waals surface area contributed by atoms with Crippen LogP contribution in [0.2, 0.25) is 0 Å². The highest BCUT2D eigenvalue weighted by molar-refractivity contribution is 5.21. The Hall–Kier alpha value is -0.980. The molecule has 2 N–H and O–H groups in total. The number of hydrogen-bond acceptors (Lipinski definition) is 1. The number of nitrogens with two attached hydrogens (primary N) is 1. The predicted octanol–water partition coefficient (Wildman–Crippen LogP) is 2.62. The predicted molar refractivity (Wildman–Crippen MR) is 51.1 cm³/mol. The highest BCUT2D eigenvalue weighted by Gasteiger charge is 1.92. The van der Waals surface area contributed by atoms with Gasteiger partial charge < -0.3 is 5.73 Å². The topological polar surface area (TPSA) is 26.0 Å². The monoisotopic (exact) mass is 151 g/mol. The molecular formula is C10H17N. The molecule has 0 aromatic carbocycles. The summed E-state index contributed by atoms with van der Waals surface area (Å²) in [6.07, 6.45) is 5.78. The Bertz CT molecular complexity index is 181. The van der Waals surface area contributed by atoms with Crippen LogP contribution in [0.3, 0.4) is 0 Å². The fraction of sp³-hybridized carbons (Fsp3) is 0.400. The third-order valence-electron chi connectivity index (χ3n) is 1.41. The average Bonchev–Trinajstić information content (AvgIpc) is 1.86. The Morgan fingerprint density at radius 1 is 1.45 bits per heavy atom. The standard InChI is InChI=1S/C10H17N/c1-8(2)9(3)6-5-7-10(4)11/h5-8H,3,11H2,1-2,4H3/b6-5-,10-7-. The maximum atomic E-state index is 5.43. The first-order valence-electron chi connectivity index (χ1n) is 3.83. The minimum absolute atomic E-state index is 0.512. The van der Waals surface area contributed by atoms with Gasteiger partial charge in [-0.1, -0.05) is 38.2 Å².